The van der Waals surface area contributed by atoms with Gasteiger partial charge in [-0.05, 0) is 12.5 Å². The lowest BCUT2D eigenvalue weighted by molar-refractivity contribution is -0.0489. The third kappa shape index (κ3) is 2.06. The van der Waals surface area contributed by atoms with Crippen molar-refractivity contribution in [2.45, 2.75) is 18.1 Å². The molecular weight excluding hydrogens is 262 g/mol. The topological polar surface area (TPSA) is 54.4 Å². The summed E-state index contributed by atoms with van der Waals surface area (Å²) >= 11 is 0. The monoisotopic (exact) mass is 274 g/mol. The van der Waals surface area contributed by atoms with Gasteiger partial charge in [0.15, 0.2) is 0 Å². The second kappa shape index (κ2) is 4.13. The fourth-order valence-electron chi connectivity index (χ4n) is 2.09. The predicted octanol–water partition coefficient (Wildman–Crippen LogP) is 2.70. The first kappa shape index (κ1) is 13.2. The summed E-state index contributed by atoms with van der Waals surface area (Å²) in [6.45, 7) is 1.08. The quantitative estimate of drug-likeness (QED) is 0.844. The number of allylic oxidation sites excluding steroid dienone is 1. The van der Waals surface area contributed by atoms with Crippen LogP contribution in [0.5, 0.6) is 0 Å². The van der Waals surface area contributed by atoms with Crippen LogP contribution in [0.2, 0.25) is 0 Å². The van der Waals surface area contributed by atoms with Crippen LogP contribution in [0.3, 0.4) is 0 Å². The molecule has 1 aromatic carbocycles. The Kier molecular flexibility index (Phi) is 3.03. The maximum Gasteiger partial charge on any atom is 0.281 e. The highest BCUT2D eigenvalue weighted by Gasteiger charge is 2.48. The molecule has 98 valence electrons. The lowest BCUT2D eigenvalue weighted by Crippen LogP contribution is -2.38. The van der Waals surface area contributed by atoms with E-state index in [0.717, 1.165) is 13.0 Å². The SMILES string of the molecule is CC(C1C=Cc2ccccc2C1(F)F)S(=O)(=O)O. The molecule has 18 heavy (non-hydrogen) atoms. The minimum absolute atomic E-state index is 0.215. The highest BCUT2D eigenvalue weighted by molar-refractivity contribution is 7.86. The molecule has 0 fully saturated rings. The highest BCUT2D eigenvalue weighted by Crippen LogP contribution is 2.45. The standard InChI is InChI=1S/C12H12F2O3S/c1-8(18(15,16)17)10-7-6-9-4-2-3-5-11(9)12(10,13)14/h2-8,10H,1H3,(H,15,16,17). The molecule has 0 spiro atoms. The molecule has 2 rings (SSSR count). The van der Waals surface area contributed by atoms with Crippen molar-refractivity contribution in [3.8, 4) is 0 Å². The van der Waals surface area contributed by atoms with Gasteiger partial charge in [-0.25, -0.2) is 8.78 Å². The van der Waals surface area contributed by atoms with Crippen LogP contribution in [0.1, 0.15) is 18.1 Å². The summed E-state index contributed by atoms with van der Waals surface area (Å²) in [7, 11) is -4.51. The third-order valence-electron chi connectivity index (χ3n) is 3.20. The minimum Gasteiger partial charge on any atom is -0.285 e. The van der Waals surface area contributed by atoms with E-state index in [2.05, 4.69) is 0 Å². The first-order valence-electron chi connectivity index (χ1n) is 5.36. The third-order valence-corrected chi connectivity index (χ3v) is 4.43. The first-order chi connectivity index (χ1) is 8.24. The van der Waals surface area contributed by atoms with Crippen LogP contribution in [0.25, 0.3) is 6.08 Å². The average Bonchev–Trinajstić information content (AvgIpc) is 2.27. The van der Waals surface area contributed by atoms with Gasteiger partial charge in [-0.2, -0.15) is 8.42 Å². The second-order valence-corrected chi connectivity index (χ2v) is 6.09. The number of halogens is 2. The largest absolute Gasteiger partial charge is 0.285 e. The number of fused-ring (bicyclic) bond motifs is 1. The van der Waals surface area contributed by atoms with Gasteiger partial charge in [-0.1, -0.05) is 36.4 Å². The Morgan fingerprint density at radius 3 is 2.56 bits per heavy atom. The Morgan fingerprint density at radius 2 is 1.94 bits per heavy atom. The zero-order valence-electron chi connectivity index (χ0n) is 9.55. The van der Waals surface area contributed by atoms with Crippen molar-refractivity contribution in [3.63, 3.8) is 0 Å². The maximum atomic E-state index is 14.2. The number of benzene rings is 1. The van der Waals surface area contributed by atoms with Crippen LogP contribution in [0.15, 0.2) is 30.3 Å². The van der Waals surface area contributed by atoms with E-state index in [1.54, 1.807) is 6.07 Å². The summed E-state index contributed by atoms with van der Waals surface area (Å²) in [6, 6.07) is 5.91. The van der Waals surface area contributed by atoms with Crippen LogP contribution < -0.4 is 0 Å². The number of alkyl halides is 2. The van der Waals surface area contributed by atoms with Crippen LogP contribution in [0, 0.1) is 5.92 Å². The fourth-order valence-corrected chi connectivity index (χ4v) is 2.72. The molecule has 6 heteroatoms. The Bertz CT molecular complexity index is 593. The maximum absolute atomic E-state index is 14.2. The second-order valence-electron chi connectivity index (χ2n) is 4.32. The van der Waals surface area contributed by atoms with E-state index in [1.165, 1.54) is 24.3 Å². The lowest BCUT2D eigenvalue weighted by Gasteiger charge is -2.32. The van der Waals surface area contributed by atoms with Crippen LogP contribution in [-0.4, -0.2) is 18.2 Å². The molecule has 0 aromatic heterocycles. The zero-order chi connectivity index (χ0) is 13.6. The van der Waals surface area contributed by atoms with Crippen LogP contribution in [-0.2, 0) is 16.0 Å². The molecule has 2 atom stereocenters. The first-order valence-corrected chi connectivity index (χ1v) is 6.86. The van der Waals surface area contributed by atoms with Gasteiger partial charge in [-0.3, -0.25) is 4.55 Å². The molecule has 3 nitrogen and oxygen atoms in total. The predicted molar refractivity (Wildman–Crippen MR) is 63.9 cm³/mol. The van der Waals surface area contributed by atoms with Gasteiger partial charge < -0.3 is 0 Å². The van der Waals surface area contributed by atoms with Gasteiger partial charge in [0.05, 0.1) is 11.2 Å². The Balaban J connectivity index is 2.51. The molecular formula is C12H12F2O3S. The molecule has 0 amide bonds. The Morgan fingerprint density at radius 1 is 1.33 bits per heavy atom. The average molecular weight is 274 g/mol. The zero-order valence-corrected chi connectivity index (χ0v) is 10.4. The van der Waals surface area contributed by atoms with Crippen molar-refractivity contribution < 1.29 is 21.8 Å². The molecule has 1 aliphatic rings. The van der Waals surface area contributed by atoms with E-state index < -0.39 is 27.2 Å². The van der Waals surface area contributed by atoms with Crippen molar-refractivity contribution >= 4 is 16.2 Å². The minimum atomic E-state index is -4.51. The summed E-state index contributed by atoms with van der Waals surface area (Å²) in [4.78, 5) is 0. The molecule has 0 saturated heterocycles. The smallest absolute Gasteiger partial charge is 0.281 e. The van der Waals surface area contributed by atoms with Crippen LogP contribution >= 0.6 is 0 Å². The lowest BCUT2D eigenvalue weighted by atomic mass is 9.84. The molecule has 1 aliphatic carbocycles. The van der Waals surface area contributed by atoms with Crippen molar-refractivity contribution in [1.29, 1.82) is 0 Å². The molecule has 0 bridgehead atoms. The van der Waals surface area contributed by atoms with Crippen molar-refractivity contribution in [3.05, 3.63) is 41.5 Å². The molecule has 0 radical (unpaired) electrons. The molecule has 0 saturated carbocycles. The van der Waals surface area contributed by atoms with Gasteiger partial charge in [-0.15, -0.1) is 0 Å². The molecule has 0 heterocycles. The molecule has 1 aromatic rings. The van der Waals surface area contributed by atoms with Gasteiger partial charge in [0.25, 0.3) is 16.0 Å². The summed E-state index contributed by atoms with van der Waals surface area (Å²) < 4.78 is 59.4. The normalized spacial score (nSPS) is 23.4. The van der Waals surface area contributed by atoms with Crippen LogP contribution in [0.4, 0.5) is 8.78 Å². The number of hydrogen-bond donors (Lipinski definition) is 1. The van der Waals surface area contributed by atoms with E-state index in [0.29, 0.717) is 5.56 Å². The van der Waals surface area contributed by atoms with E-state index in [1.807, 2.05) is 0 Å². The Hall–Kier alpha value is -1.27. The van der Waals surface area contributed by atoms with E-state index in [-0.39, 0.29) is 5.56 Å². The number of hydrogen-bond acceptors (Lipinski definition) is 2. The van der Waals surface area contributed by atoms with Crippen molar-refractivity contribution in [1.82, 2.24) is 0 Å². The summed E-state index contributed by atoms with van der Waals surface area (Å²) in [5.74, 6) is -4.89. The molecule has 2 unspecified atom stereocenters. The van der Waals surface area contributed by atoms with Crippen molar-refractivity contribution in [2.75, 3.05) is 0 Å². The summed E-state index contributed by atoms with van der Waals surface area (Å²) in [5, 5.41) is -1.56. The van der Waals surface area contributed by atoms with E-state index in [4.69, 9.17) is 4.55 Å². The molecule has 0 aliphatic heterocycles. The Labute approximate surface area is 104 Å². The summed E-state index contributed by atoms with van der Waals surface area (Å²) in [6.07, 6.45) is 2.60. The van der Waals surface area contributed by atoms with E-state index in [9.17, 15) is 17.2 Å². The number of rotatable bonds is 2. The van der Waals surface area contributed by atoms with Gasteiger partial charge in [0.1, 0.15) is 0 Å². The van der Waals surface area contributed by atoms with Gasteiger partial charge >= 0.3 is 0 Å². The van der Waals surface area contributed by atoms with Gasteiger partial charge in [0, 0.05) is 5.56 Å². The highest BCUT2D eigenvalue weighted by atomic mass is 32.2. The fraction of sp³-hybridized carbons (Fsp3) is 0.333. The van der Waals surface area contributed by atoms with Gasteiger partial charge in [0.2, 0.25) is 0 Å². The van der Waals surface area contributed by atoms with E-state index >= 15 is 0 Å². The molecule has 1 N–H and O–H groups in total. The van der Waals surface area contributed by atoms with Crippen molar-refractivity contribution in [2.24, 2.45) is 5.92 Å². The summed E-state index contributed by atoms with van der Waals surface area (Å²) in [5.41, 5.74) is 0.147.